The second-order valence-electron chi connectivity index (χ2n) is 5.86. The normalized spacial score (nSPS) is 29.5. The second kappa shape index (κ2) is 6.85. The van der Waals surface area contributed by atoms with Gasteiger partial charge in [-0.3, -0.25) is 4.90 Å². The van der Waals surface area contributed by atoms with Crippen LogP contribution in [0.3, 0.4) is 0 Å². The van der Waals surface area contributed by atoms with Crippen molar-refractivity contribution < 1.29 is 9.47 Å². The van der Waals surface area contributed by atoms with E-state index in [2.05, 4.69) is 25.7 Å². The molecule has 18 heavy (non-hydrogen) atoms. The number of methoxy groups -OCH3 is 2. The van der Waals surface area contributed by atoms with E-state index in [0.717, 1.165) is 18.9 Å². The fourth-order valence-electron chi connectivity index (χ4n) is 3.04. The third-order valence-corrected chi connectivity index (χ3v) is 4.64. The Labute approximate surface area is 112 Å². The first-order valence-corrected chi connectivity index (χ1v) is 7.01. The molecular weight excluding hydrogens is 228 g/mol. The topological polar surface area (TPSA) is 47.7 Å². The zero-order valence-corrected chi connectivity index (χ0v) is 12.6. The van der Waals surface area contributed by atoms with Crippen LogP contribution in [0.2, 0.25) is 0 Å². The summed E-state index contributed by atoms with van der Waals surface area (Å²) in [5.41, 5.74) is 6.00. The highest BCUT2D eigenvalue weighted by Gasteiger charge is 2.39. The summed E-state index contributed by atoms with van der Waals surface area (Å²) in [6, 6.07) is 0.571. The van der Waals surface area contributed by atoms with Gasteiger partial charge in [0.15, 0.2) is 6.29 Å². The maximum absolute atomic E-state index is 6.05. The van der Waals surface area contributed by atoms with Crippen LogP contribution >= 0.6 is 0 Å². The van der Waals surface area contributed by atoms with Crippen molar-refractivity contribution in [2.24, 2.45) is 11.7 Å². The minimum atomic E-state index is -0.178. The molecule has 0 saturated carbocycles. The molecule has 0 spiro atoms. The van der Waals surface area contributed by atoms with Gasteiger partial charge in [0.05, 0.1) is 0 Å². The predicted octanol–water partition coefficient (Wildman–Crippen LogP) is 1.83. The van der Waals surface area contributed by atoms with Crippen molar-refractivity contribution in [2.45, 2.75) is 57.9 Å². The molecule has 4 nitrogen and oxygen atoms in total. The quantitative estimate of drug-likeness (QED) is 0.738. The average molecular weight is 258 g/mol. The van der Waals surface area contributed by atoms with Crippen molar-refractivity contribution in [1.29, 1.82) is 0 Å². The minimum absolute atomic E-state index is 0.0508. The van der Waals surface area contributed by atoms with Crippen LogP contribution in [0.1, 0.15) is 40.0 Å². The summed E-state index contributed by atoms with van der Waals surface area (Å²) in [5.74, 6) is 0.730. The van der Waals surface area contributed by atoms with Gasteiger partial charge in [0.2, 0.25) is 0 Å². The highest BCUT2D eigenvalue weighted by Crippen LogP contribution is 2.32. The Bertz CT molecular complexity index is 246. The SMILES string of the molecule is COC(CC(C)(CN)N1CCCC(C)C1C)OC. The molecule has 0 bridgehead atoms. The molecule has 108 valence electrons. The van der Waals surface area contributed by atoms with Crippen LogP contribution in [0.4, 0.5) is 0 Å². The number of nitrogens with two attached hydrogens (primary N) is 1. The summed E-state index contributed by atoms with van der Waals surface area (Å²) in [4.78, 5) is 2.55. The van der Waals surface area contributed by atoms with Crippen molar-refractivity contribution in [3.8, 4) is 0 Å². The molecule has 1 rings (SSSR count). The molecule has 0 aromatic heterocycles. The summed E-state index contributed by atoms with van der Waals surface area (Å²) < 4.78 is 10.7. The lowest BCUT2D eigenvalue weighted by Gasteiger charge is -2.49. The number of ether oxygens (including phenoxy) is 2. The largest absolute Gasteiger partial charge is 0.356 e. The Kier molecular flexibility index (Phi) is 6.05. The van der Waals surface area contributed by atoms with E-state index >= 15 is 0 Å². The van der Waals surface area contributed by atoms with Crippen LogP contribution in [0, 0.1) is 5.92 Å². The first-order valence-electron chi connectivity index (χ1n) is 7.01. The van der Waals surface area contributed by atoms with Crippen LogP contribution in [0.15, 0.2) is 0 Å². The maximum Gasteiger partial charge on any atom is 0.158 e. The molecule has 1 fully saturated rings. The summed E-state index contributed by atoms with van der Waals surface area (Å²) in [7, 11) is 3.38. The van der Waals surface area contributed by atoms with Gasteiger partial charge in [-0.25, -0.2) is 0 Å². The minimum Gasteiger partial charge on any atom is -0.356 e. The zero-order valence-electron chi connectivity index (χ0n) is 12.6. The number of nitrogens with zero attached hydrogens (tertiary/aromatic N) is 1. The number of piperidine rings is 1. The second-order valence-corrected chi connectivity index (χ2v) is 5.86. The first-order chi connectivity index (χ1) is 8.48. The molecule has 3 unspecified atom stereocenters. The van der Waals surface area contributed by atoms with Gasteiger partial charge in [-0.05, 0) is 39.2 Å². The Morgan fingerprint density at radius 1 is 1.33 bits per heavy atom. The summed E-state index contributed by atoms with van der Waals surface area (Å²) in [5, 5.41) is 0. The molecular formula is C14H30N2O2. The fraction of sp³-hybridized carbons (Fsp3) is 1.00. The molecule has 0 amide bonds. The van der Waals surface area contributed by atoms with Crippen LogP contribution in [0.25, 0.3) is 0 Å². The third-order valence-electron chi connectivity index (χ3n) is 4.64. The number of rotatable bonds is 6. The van der Waals surface area contributed by atoms with E-state index in [-0.39, 0.29) is 11.8 Å². The summed E-state index contributed by atoms with van der Waals surface area (Å²) in [6.45, 7) is 8.63. The van der Waals surface area contributed by atoms with Crippen molar-refractivity contribution in [3.63, 3.8) is 0 Å². The highest BCUT2D eigenvalue weighted by molar-refractivity contribution is 4.94. The summed E-state index contributed by atoms with van der Waals surface area (Å²) in [6.07, 6.45) is 3.21. The molecule has 1 heterocycles. The zero-order chi connectivity index (χ0) is 13.8. The van der Waals surface area contributed by atoms with E-state index in [0.29, 0.717) is 12.6 Å². The van der Waals surface area contributed by atoms with Gasteiger partial charge in [-0.1, -0.05) is 6.92 Å². The van der Waals surface area contributed by atoms with Crippen LogP contribution in [0.5, 0.6) is 0 Å². The van der Waals surface area contributed by atoms with Crippen LogP contribution < -0.4 is 5.73 Å². The lowest BCUT2D eigenvalue weighted by molar-refractivity contribution is -0.135. The lowest BCUT2D eigenvalue weighted by Crippen LogP contribution is -2.60. The van der Waals surface area contributed by atoms with Gasteiger partial charge < -0.3 is 15.2 Å². The lowest BCUT2D eigenvalue weighted by atomic mass is 9.85. The monoisotopic (exact) mass is 258 g/mol. The molecule has 2 N–H and O–H groups in total. The fourth-order valence-corrected chi connectivity index (χ4v) is 3.04. The maximum atomic E-state index is 6.05. The van der Waals surface area contributed by atoms with Crippen LogP contribution in [-0.4, -0.2) is 50.1 Å². The molecule has 0 radical (unpaired) electrons. The first kappa shape index (κ1) is 15.9. The Balaban J connectivity index is 2.78. The van der Waals surface area contributed by atoms with Gasteiger partial charge in [0.25, 0.3) is 0 Å². The average Bonchev–Trinajstić information content (AvgIpc) is 2.39. The summed E-state index contributed by atoms with van der Waals surface area (Å²) >= 11 is 0. The molecule has 4 heteroatoms. The smallest absolute Gasteiger partial charge is 0.158 e. The van der Waals surface area contributed by atoms with Crippen molar-refractivity contribution in [3.05, 3.63) is 0 Å². The van der Waals surface area contributed by atoms with Gasteiger partial charge in [-0.15, -0.1) is 0 Å². The van der Waals surface area contributed by atoms with E-state index in [1.165, 1.54) is 12.8 Å². The Hall–Kier alpha value is -0.160. The van der Waals surface area contributed by atoms with E-state index < -0.39 is 0 Å². The van der Waals surface area contributed by atoms with E-state index in [9.17, 15) is 0 Å². The van der Waals surface area contributed by atoms with Crippen molar-refractivity contribution >= 4 is 0 Å². The van der Waals surface area contributed by atoms with Gasteiger partial charge >= 0.3 is 0 Å². The Morgan fingerprint density at radius 2 is 1.94 bits per heavy atom. The number of hydrogen-bond donors (Lipinski definition) is 1. The van der Waals surface area contributed by atoms with Crippen molar-refractivity contribution in [2.75, 3.05) is 27.3 Å². The van der Waals surface area contributed by atoms with Crippen molar-refractivity contribution in [1.82, 2.24) is 4.90 Å². The number of hydrogen-bond acceptors (Lipinski definition) is 4. The molecule has 0 aromatic rings. The molecule has 1 aliphatic rings. The molecule has 0 aliphatic carbocycles. The van der Waals surface area contributed by atoms with Crippen LogP contribution in [-0.2, 0) is 9.47 Å². The number of likely N-dealkylation sites (tertiary alicyclic amines) is 1. The van der Waals surface area contributed by atoms with E-state index in [4.69, 9.17) is 15.2 Å². The van der Waals surface area contributed by atoms with Gasteiger partial charge in [0, 0.05) is 38.8 Å². The highest BCUT2D eigenvalue weighted by atomic mass is 16.7. The molecule has 1 aliphatic heterocycles. The molecule has 1 saturated heterocycles. The molecule has 3 atom stereocenters. The predicted molar refractivity (Wildman–Crippen MR) is 74.4 cm³/mol. The third kappa shape index (κ3) is 3.44. The molecule has 0 aromatic carbocycles. The van der Waals surface area contributed by atoms with Gasteiger partial charge in [0.1, 0.15) is 0 Å². The Morgan fingerprint density at radius 3 is 2.44 bits per heavy atom. The van der Waals surface area contributed by atoms with Gasteiger partial charge in [-0.2, -0.15) is 0 Å². The standard InChI is InChI=1S/C14H30N2O2/c1-11-7-6-8-16(12(11)2)14(3,10-15)9-13(17-4)18-5/h11-13H,6-10,15H2,1-5H3. The van der Waals surface area contributed by atoms with E-state index in [1.54, 1.807) is 14.2 Å². The van der Waals surface area contributed by atoms with E-state index in [1.807, 2.05) is 0 Å².